The van der Waals surface area contributed by atoms with E-state index in [1.165, 1.54) is 4.88 Å². The van der Waals surface area contributed by atoms with E-state index < -0.39 is 0 Å². The lowest BCUT2D eigenvalue weighted by atomic mass is 10.4. The molecule has 0 aliphatic heterocycles. The monoisotopic (exact) mass is 297 g/mol. The van der Waals surface area contributed by atoms with Crippen molar-refractivity contribution in [3.05, 3.63) is 45.5 Å². The third kappa shape index (κ3) is 2.11. The quantitative estimate of drug-likeness (QED) is 0.686. The predicted octanol–water partition coefficient (Wildman–Crippen LogP) is 3.93. The number of halogens is 2. The molecule has 6 heteroatoms. The molecule has 0 saturated heterocycles. The van der Waals surface area contributed by atoms with E-state index in [0.717, 1.165) is 23.5 Å². The summed E-state index contributed by atoms with van der Waals surface area (Å²) < 4.78 is 2.03. The van der Waals surface area contributed by atoms with Gasteiger partial charge in [-0.2, -0.15) is 0 Å². The van der Waals surface area contributed by atoms with Crippen LogP contribution in [0.1, 0.15) is 10.7 Å². The lowest BCUT2D eigenvalue weighted by Gasteiger charge is -2.04. The maximum absolute atomic E-state index is 5.94. The van der Waals surface area contributed by atoms with Crippen LogP contribution in [0.2, 0.25) is 5.02 Å². The summed E-state index contributed by atoms with van der Waals surface area (Å²) >= 11 is 13.6. The van der Waals surface area contributed by atoms with E-state index in [1.807, 2.05) is 16.7 Å². The van der Waals surface area contributed by atoms with Crippen molar-refractivity contribution in [3.8, 4) is 0 Å². The highest BCUT2D eigenvalue weighted by Crippen LogP contribution is 2.21. The standard InChI is InChI=1S/C12H9Cl2N3S/c13-5-11-16-10-4-8(14)6-15-12(10)17(11)7-9-2-1-3-18-9/h1-4,6H,5,7H2. The van der Waals surface area contributed by atoms with E-state index in [-0.39, 0.29) is 0 Å². The molecule has 0 aliphatic rings. The highest BCUT2D eigenvalue weighted by Gasteiger charge is 2.12. The Morgan fingerprint density at radius 3 is 3.00 bits per heavy atom. The Morgan fingerprint density at radius 1 is 1.39 bits per heavy atom. The Labute approximate surface area is 118 Å². The van der Waals surface area contributed by atoms with Gasteiger partial charge in [-0.05, 0) is 17.5 Å². The lowest BCUT2D eigenvalue weighted by Crippen LogP contribution is -2.03. The number of alkyl halides is 1. The molecule has 0 radical (unpaired) electrons. The zero-order valence-corrected chi connectivity index (χ0v) is 11.6. The molecule has 0 unspecified atom stereocenters. The number of pyridine rings is 1. The number of fused-ring (bicyclic) bond motifs is 1. The van der Waals surface area contributed by atoms with Gasteiger partial charge in [-0.15, -0.1) is 22.9 Å². The van der Waals surface area contributed by atoms with Crippen molar-refractivity contribution in [2.45, 2.75) is 12.4 Å². The molecule has 0 saturated carbocycles. The van der Waals surface area contributed by atoms with Crippen molar-refractivity contribution in [2.75, 3.05) is 0 Å². The Morgan fingerprint density at radius 2 is 2.28 bits per heavy atom. The second-order valence-electron chi connectivity index (χ2n) is 3.82. The summed E-state index contributed by atoms with van der Waals surface area (Å²) in [5.41, 5.74) is 1.61. The fourth-order valence-electron chi connectivity index (χ4n) is 1.86. The molecule has 0 aliphatic carbocycles. The van der Waals surface area contributed by atoms with Crippen LogP contribution in [0.25, 0.3) is 11.2 Å². The molecule has 3 aromatic rings. The zero-order valence-electron chi connectivity index (χ0n) is 9.31. The minimum absolute atomic E-state index is 0.360. The Kier molecular flexibility index (Phi) is 3.24. The molecule has 0 fully saturated rings. The molecule has 18 heavy (non-hydrogen) atoms. The number of nitrogens with zero attached hydrogens (tertiary/aromatic N) is 3. The first kappa shape index (κ1) is 12.0. The van der Waals surface area contributed by atoms with Gasteiger partial charge in [0.15, 0.2) is 5.65 Å². The van der Waals surface area contributed by atoms with Gasteiger partial charge < -0.3 is 4.57 Å². The number of imidazole rings is 1. The van der Waals surface area contributed by atoms with E-state index >= 15 is 0 Å². The molecule has 0 N–H and O–H groups in total. The summed E-state index contributed by atoms with van der Waals surface area (Å²) in [6, 6.07) is 5.93. The maximum atomic E-state index is 5.94. The van der Waals surface area contributed by atoms with Gasteiger partial charge in [0.05, 0.1) is 17.4 Å². The first-order chi connectivity index (χ1) is 8.78. The number of aromatic nitrogens is 3. The van der Waals surface area contributed by atoms with Gasteiger partial charge in [-0.3, -0.25) is 0 Å². The summed E-state index contributed by atoms with van der Waals surface area (Å²) in [7, 11) is 0. The van der Waals surface area contributed by atoms with Gasteiger partial charge in [0.1, 0.15) is 11.3 Å². The van der Waals surface area contributed by atoms with Crippen LogP contribution in [0.5, 0.6) is 0 Å². The van der Waals surface area contributed by atoms with E-state index in [2.05, 4.69) is 21.4 Å². The largest absolute Gasteiger partial charge is 0.306 e. The lowest BCUT2D eigenvalue weighted by molar-refractivity contribution is 0.780. The van der Waals surface area contributed by atoms with Crippen LogP contribution >= 0.6 is 34.5 Å². The molecule has 92 valence electrons. The van der Waals surface area contributed by atoms with Gasteiger partial charge >= 0.3 is 0 Å². The SMILES string of the molecule is ClCc1nc2cc(Cl)cnc2n1Cc1cccs1. The summed E-state index contributed by atoms with van der Waals surface area (Å²) in [6.07, 6.45) is 1.63. The normalized spacial score (nSPS) is 11.2. The number of hydrogen-bond donors (Lipinski definition) is 0. The third-order valence-electron chi connectivity index (χ3n) is 2.64. The van der Waals surface area contributed by atoms with Gasteiger partial charge in [0.2, 0.25) is 0 Å². The predicted molar refractivity (Wildman–Crippen MR) is 75.5 cm³/mol. The first-order valence-corrected chi connectivity index (χ1v) is 7.16. The van der Waals surface area contributed by atoms with E-state index in [1.54, 1.807) is 17.5 Å². The van der Waals surface area contributed by atoms with Gasteiger partial charge in [-0.1, -0.05) is 17.7 Å². The van der Waals surface area contributed by atoms with Crippen LogP contribution in [0.3, 0.4) is 0 Å². The van der Waals surface area contributed by atoms with Gasteiger partial charge in [-0.25, -0.2) is 9.97 Å². The van der Waals surface area contributed by atoms with Crippen LogP contribution in [0.4, 0.5) is 0 Å². The van der Waals surface area contributed by atoms with E-state index in [9.17, 15) is 0 Å². The van der Waals surface area contributed by atoms with Crippen molar-refractivity contribution >= 4 is 45.7 Å². The first-order valence-electron chi connectivity index (χ1n) is 5.37. The summed E-state index contributed by atoms with van der Waals surface area (Å²) in [5, 5.41) is 2.64. The molecular formula is C12H9Cl2N3S. The Hall–Kier alpha value is -1.10. The zero-order chi connectivity index (χ0) is 12.5. The minimum atomic E-state index is 0.360. The van der Waals surface area contributed by atoms with Gasteiger partial charge in [0, 0.05) is 11.1 Å². The molecule has 0 bridgehead atoms. The Bertz CT molecular complexity index is 676. The Balaban J connectivity index is 2.13. The number of rotatable bonds is 3. The minimum Gasteiger partial charge on any atom is -0.306 e. The number of hydrogen-bond acceptors (Lipinski definition) is 3. The molecule has 3 nitrogen and oxygen atoms in total. The van der Waals surface area contributed by atoms with Crippen molar-refractivity contribution in [3.63, 3.8) is 0 Å². The smallest absolute Gasteiger partial charge is 0.160 e. The number of thiophene rings is 1. The van der Waals surface area contributed by atoms with E-state index in [4.69, 9.17) is 23.2 Å². The van der Waals surface area contributed by atoms with Crippen molar-refractivity contribution in [1.82, 2.24) is 14.5 Å². The fraction of sp³-hybridized carbons (Fsp3) is 0.167. The van der Waals surface area contributed by atoms with Crippen LogP contribution in [0, 0.1) is 0 Å². The highest BCUT2D eigenvalue weighted by molar-refractivity contribution is 7.09. The highest BCUT2D eigenvalue weighted by atomic mass is 35.5. The molecule has 3 rings (SSSR count). The molecular weight excluding hydrogens is 289 g/mol. The molecule has 0 amide bonds. The van der Waals surface area contributed by atoms with Crippen LogP contribution in [0.15, 0.2) is 29.8 Å². The second-order valence-corrected chi connectivity index (χ2v) is 5.56. The van der Waals surface area contributed by atoms with Crippen LogP contribution in [-0.4, -0.2) is 14.5 Å². The topological polar surface area (TPSA) is 30.7 Å². The van der Waals surface area contributed by atoms with Crippen LogP contribution in [-0.2, 0) is 12.4 Å². The molecule has 0 atom stereocenters. The average Bonchev–Trinajstić information content (AvgIpc) is 2.97. The summed E-state index contributed by atoms with van der Waals surface area (Å²) in [5.74, 6) is 1.18. The molecule has 0 spiro atoms. The summed E-state index contributed by atoms with van der Waals surface area (Å²) in [4.78, 5) is 10.1. The van der Waals surface area contributed by atoms with Crippen molar-refractivity contribution in [2.24, 2.45) is 0 Å². The second kappa shape index (κ2) is 4.88. The van der Waals surface area contributed by atoms with Crippen molar-refractivity contribution < 1.29 is 0 Å². The molecule has 3 aromatic heterocycles. The molecule has 3 heterocycles. The maximum Gasteiger partial charge on any atom is 0.160 e. The third-order valence-corrected chi connectivity index (χ3v) is 3.95. The van der Waals surface area contributed by atoms with E-state index in [0.29, 0.717) is 10.9 Å². The van der Waals surface area contributed by atoms with Gasteiger partial charge in [0.25, 0.3) is 0 Å². The molecule has 0 aromatic carbocycles. The van der Waals surface area contributed by atoms with Crippen molar-refractivity contribution in [1.29, 1.82) is 0 Å². The van der Waals surface area contributed by atoms with Crippen LogP contribution < -0.4 is 0 Å². The average molecular weight is 298 g/mol. The fourth-order valence-corrected chi connectivity index (χ4v) is 2.91. The summed E-state index contributed by atoms with van der Waals surface area (Å²) in [6.45, 7) is 0.741.